The van der Waals surface area contributed by atoms with Crippen LogP contribution in [0.1, 0.15) is 0 Å². The third-order valence-electron chi connectivity index (χ3n) is 4.79. The summed E-state index contributed by atoms with van der Waals surface area (Å²) in [4.78, 5) is 32.3. The molecule has 2 N–H and O–H groups in total. The van der Waals surface area contributed by atoms with E-state index in [1.54, 1.807) is 43.5 Å². The zero-order chi connectivity index (χ0) is 24.8. The summed E-state index contributed by atoms with van der Waals surface area (Å²) in [6.07, 6.45) is 2.83. The Kier molecular flexibility index (Phi) is 6.83. The van der Waals surface area contributed by atoms with Gasteiger partial charge < -0.3 is 10.1 Å². The second-order valence-corrected chi connectivity index (χ2v) is 8.88. The maximum absolute atomic E-state index is 12.5. The number of hydrogen-bond acceptors (Lipinski definition) is 8. The minimum Gasteiger partial charge on any atom is -0.497 e. The van der Waals surface area contributed by atoms with Crippen molar-refractivity contribution < 1.29 is 17.9 Å². The molecule has 0 saturated heterocycles. The maximum Gasteiger partial charge on any atom is 0.267 e. The van der Waals surface area contributed by atoms with Gasteiger partial charge in [0.2, 0.25) is 11.9 Å². The van der Waals surface area contributed by atoms with Gasteiger partial charge in [0.25, 0.3) is 15.6 Å². The Bertz CT molecular complexity index is 1490. The summed E-state index contributed by atoms with van der Waals surface area (Å²) >= 11 is 0. The molecule has 2 aromatic carbocycles. The van der Waals surface area contributed by atoms with Gasteiger partial charge >= 0.3 is 0 Å². The average Bonchev–Trinajstić information content (AvgIpc) is 2.86. The van der Waals surface area contributed by atoms with Gasteiger partial charge in [-0.3, -0.25) is 9.59 Å². The molecule has 4 aromatic rings. The first-order valence-electron chi connectivity index (χ1n) is 10.3. The van der Waals surface area contributed by atoms with Crippen molar-refractivity contribution in [2.24, 2.45) is 0 Å². The Morgan fingerprint density at radius 3 is 2.31 bits per heavy atom. The number of amides is 1. The summed E-state index contributed by atoms with van der Waals surface area (Å²) in [6.45, 7) is -0.324. The van der Waals surface area contributed by atoms with Gasteiger partial charge in [-0.1, -0.05) is 0 Å². The Hall–Kier alpha value is -4.58. The molecule has 0 atom stereocenters. The van der Waals surface area contributed by atoms with E-state index >= 15 is 0 Å². The Balaban J connectivity index is 1.43. The zero-order valence-corrected chi connectivity index (χ0v) is 19.3. The molecule has 178 valence electrons. The fourth-order valence-corrected chi connectivity index (χ4v) is 4.02. The lowest BCUT2D eigenvalue weighted by Crippen LogP contribution is -2.29. The second kappa shape index (κ2) is 10.1. The third kappa shape index (κ3) is 5.86. The van der Waals surface area contributed by atoms with E-state index in [1.165, 1.54) is 42.7 Å². The van der Waals surface area contributed by atoms with Crippen LogP contribution >= 0.6 is 0 Å². The number of ether oxygens (including phenoxy) is 1. The van der Waals surface area contributed by atoms with E-state index in [2.05, 4.69) is 25.1 Å². The van der Waals surface area contributed by atoms with E-state index in [9.17, 15) is 18.0 Å². The summed E-state index contributed by atoms with van der Waals surface area (Å²) in [5.41, 5.74) is 1.19. The minimum atomic E-state index is -3.90. The molecule has 0 radical (unpaired) electrons. The quantitative estimate of drug-likeness (QED) is 0.381. The number of nitrogens with zero attached hydrogens (tertiary/aromatic N) is 4. The van der Waals surface area contributed by atoms with Gasteiger partial charge in [0.15, 0.2) is 0 Å². The van der Waals surface area contributed by atoms with Gasteiger partial charge in [0, 0.05) is 29.7 Å². The van der Waals surface area contributed by atoms with Crippen LogP contribution in [-0.4, -0.2) is 41.2 Å². The molecule has 0 aliphatic heterocycles. The Morgan fingerprint density at radius 1 is 0.971 bits per heavy atom. The molecule has 0 saturated carbocycles. The molecule has 0 bridgehead atoms. The van der Waals surface area contributed by atoms with E-state index in [-0.39, 0.29) is 17.4 Å². The lowest BCUT2D eigenvalue weighted by molar-refractivity contribution is -0.117. The number of carbonyl (C=O) groups excluding carboxylic acids is 1. The fourth-order valence-electron chi connectivity index (χ4n) is 3.06. The number of benzene rings is 2. The van der Waals surface area contributed by atoms with Gasteiger partial charge in [-0.05, 0) is 60.7 Å². The lowest BCUT2D eigenvalue weighted by atomic mass is 10.1. The molecule has 0 fully saturated rings. The van der Waals surface area contributed by atoms with Gasteiger partial charge in [-0.25, -0.2) is 27.8 Å². The SMILES string of the molecule is COc1ccc(-c2ccc(=O)n(CC(=O)Nc3ccc(S(=O)(=O)Nc4ncccn4)cc3)n2)cc1. The van der Waals surface area contributed by atoms with Crippen molar-refractivity contribution in [2.75, 3.05) is 17.1 Å². The molecule has 2 aromatic heterocycles. The molecule has 35 heavy (non-hydrogen) atoms. The first-order chi connectivity index (χ1) is 16.8. The van der Waals surface area contributed by atoms with Crippen LogP contribution in [-0.2, 0) is 21.4 Å². The molecule has 0 spiro atoms. The fraction of sp³-hybridized carbons (Fsp3) is 0.0870. The first-order valence-corrected chi connectivity index (χ1v) is 11.7. The predicted molar refractivity (Wildman–Crippen MR) is 128 cm³/mol. The van der Waals surface area contributed by atoms with Crippen molar-refractivity contribution in [3.63, 3.8) is 0 Å². The number of methoxy groups -OCH3 is 1. The highest BCUT2D eigenvalue weighted by Gasteiger charge is 2.16. The number of rotatable bonds is 8. The van der Waals surface area contributed by atoms with E-state index in [0.29, 0.717) is 17.1 Å². The van der Waals surface area contributed by atoms with Crippen molar-refractivity contribution in [1.82, 2.24) is 19.7 Å². The number of carbonyl (C=O) groups is 1. The van der Waals surface area contributed by atoms with Crippen LogP contribution in [0.15, 0.2) is 88.8 Å². The molecule has 4 rings (SSSR count). The van der Waals surface area contributed by atoms with Crippen LogP contribution in [0, 0.1) is 0 Å². The molecule has 1 amide bonds. The number of aromatic nitrogens is 4. The monoisotopic (exact) mass is 492 g/mol. The lowest BCUT2D eigenvalue weighted by Gasteiger charge is -2.10. The molecular weight excluding hydrogens is 472 g/mol. The van der Waals surface area contributed by atoms with Crippen LogP contribution < -0.4 is 20.3 Å². The van der Waals surface area contributed by atoms with Crippen molar-refractivity contribution in [1.29, 1.82) is 0 Å². The molecule has 2 heterocycles. The maximum atomic E-state index is 12.5. The molecule has 0 aliphatic carbocycles. The Labute approximate surface area is 200 Å². The number of anilines is 2. The average molecular weight is 493 g/mol. The van der Waals surface area contributed by atoms with E-state index < -0.39 is 21.5 Å². The van der Waals surface area contributed by atoms with Gasteiger partial charge in [-0.15, -0.1) is 0 Å². The van der Waals surface area contributed by atoms with Crippen LogP contribution in [0.5, 0.6) is 5.75 Å². The highest BCUT2D eigenvalue weighted by Crippen LogP contribution is 2.20. The van der Waals surface area contributed by atoms with E-state index in [1.807, 2.05) is 0 Å². The predicted octanol–water partition coefficient (Wildman–Crippen LogP) is 2.15. The van der Waals surface area contributed by atoms with Gasteiger partial charge in [-0.2, -0.15) is 5.10 Å². The second-order valence-electron chi connectivity index (χ2n) is 7.19. The summed E-state index contributed by atoms with van der Waals surface area (Å²) in [5.74, 6) is 0.127. The van der Waals surface area contributed by atoms with Crippen molar-refractivity contribution >= 4 is 27.6 Å². The smallest absolute Gasteiger partial charge is 0.267 e. The van der Waals surface area contributed by atoms with Gasteiger partial charge in [0.1, 0.15) is 12.3 Å². The highest BCUT2D eigenvalue weighted by atomic mass is 32.2. The molecule has 12 heteroatoms. The van der Waals surface area contributed by atoms with E-state index in [4.69, 9.17) is 4.74 Å². The standard InChI is InChI=1S/C23H20N6O5S/c1-34-18-7-3-16(4-8-18)20-11-12-22(31)29(27-20)15-21(30)26-17-5-9-19(10-6-17)35(32,33)28-23-24-13-2-14-25-23/h2-14H,15H2,1H3,(H,26,30)(H,24,25,28). The number of sulfonamides is 1. The largest absolute Gasteiger partial charge is 0.497 e. The Morgan fingerprint density at radius 2 is 1.66 bits per heavy atom. The minimum absolute atomic E-state index is 0.0342. The number of hydrogen-bond donors (Lipinski definition) is 2. The molecule has 0 aliphatic rings. The topological polar surface area (TPSA) is 145 Å². The summed E-state index contributed by atoms with van der Waals surface area (Å²) in [7, 11) is -2.33. The van der Waals surface area contributed by atoms with Crippen molar-refractivity contribution in [2.45, 2.75) is 11.4 Å². The number of nitrogens with one attached hydrogen (secondary N) is 2. The zero-order valence-electron chi connectivity index (χ0n) is 18.5. The van der Waals surface area contributed by atoms with Crippen LogP contribution in [0.2, 0.25) is 0 Å². The first kappa shape index (κ1) is 23.6. The summed E-state index contributed by atoms with van der Waals surface area (Å²) < 4.78 is 33.4. The van der Waals surface area contributed by atoms with Crippen LogP contribution in [0.3, 0.4) is 0 Å². The summed E-state index contributed by atoms with van der Waals surface area (Å²) in [6, 6.07) is 17.1. The van der Waals surface area contributed by atoms with Crippen LogP contribution in [0.4, 0.5) is 11.6 Å². The van der Waals surface area contributed by atoms with E-state index in [0.717, 1.165) is 10.2 Å². The molecule has 11 nitrogen and oxygen atoms in total. The van der Waals surface area contributed by atoms with Gasteiger partial charge in [0.05, 0.1) is 17.7 Å². The molecule has 0 unspecified atom stereocenters. The summed E-state index contributed by atoms with van der Waals surface area (Å²) in [5, 5.41) is 6.89. The normalized spacial score (nSPS) is 11.0. The third-order valence-corrected chi connectivity index (χ3v) is 6.13. The van der Waals surface area contributed by atoms with Crippen molar-refractivity contribution in [3.8, 4) is 17.0 Å². The highest BCUT2D eigenvalue weighted by molar-refractivity contribution is 7.92. The van der Waals surface area contributed by atoms with Crippen molar-refractivity contribution in [3.05, 3.63) is 89.5 Å². The van der Waals surface area contributed by atoms with Crippen LogP contribution in [0.25, 0.3) is 11.3 Å². The molecular formula is C23H20N6O5S.